The monoisotopic (exact) mass is 274 g/mol. The van der Waals surface area contributed by atoms with Gasteiger partial charge in [-0.3, -0.25) is 9.00 Å². The Labute approximate surface area is 108 Å². The number of nitrogens with zero attached hydrogens (tertiary/aromatic N) is 1. The van der Waals surface area contributed by atoms with Gasteiger partial charge >= 0.3 is 12.0 Å². The van der Waals surface area contributed by atoms with Crippen LogP contribution in [-0.4, -0.2) is 57.4 Å². The summed E-state index contributed by atoms with van der Waals surface area (Å²) >= 11 is 0. The molecule has 0 bridgehead atoms. The van der Waals surface area contributed by atoms with Gasteiger partial charge in [-0.25, -0.2) is 4.79 Å². The molecular weight excluding hydrogens is 256 g/mol. The van der Waals surface area contributed by atoms with E-state index in [4.69, 9.17) is 5.11 Å². The van der Waals surface area contributed by atoms with E-state index >= 15 is 0 Å². The fourth-order valence-electron chi connectivity index (χ4n) is 2.27. The molecule has 0 unspecified atom stereocenters. The Bertz CT molecular complexity index is 371. The average Bonchev–Trinajstić information content (AvgIpc) is 2.27. The van der Waals surface area contributed by atoms with Gasteiger partial charge in [0, 0.05) is 41.9 Å². The molecule has 2 aliphatic rings. The summed E-state index contributed by atoms with van der Waals surface area (Å²) in [4.78, 5) is 24.6. The number of amides is 2. The number of rotatable bonds is 3. The van der Waals surface area contributed by atoms with Gasteiger partial charge in [-0.15, -0.1) is 0 Å². The van der Waals surface area contributed by atoms with Crippen molar-refractivity contribution in [2.24, 2.45) is 5.41 Å². The van der Waals surface area contributed by atoms with Gasteiger partial charge in [-0.1, -0.05) is 6.42 Å². The van der Waals surface area contributed by atoms with Crippen molar-refractivity contribution in [3.63, 3.8) is 0 Å². The molecule has 1 saturated carbocycles. The van der Waals surface area contributed by atoms with Crippen LogP contribution in [0.15, 0.2) is 0 Å². The lowest BCUT2D eigenvalue weighted by Crippen LogP contribution is -2.52. The summed E-state index contributed by atoms with van der Waals surface area (Å²) in [6.07, 6.45) is 2.17. The summed E-state index contributed by atoms with van der Waals surface area (Å²) in [6, 6.07) is -0.237. The summed E-state index contributed by atoms with van der Waals surface area (Å²) in [5.41, 5.74) is -0.756. The first-order valence-corrected chi connectivity index (χ1v) is 7.63. The highest BCUT2D eigenvalue weighted by molar-refractivity contribution is 7.85. The molecule has 0 spiro atoms. The van der Waals surface area contributed by atoms with E-state index < -0.39 is 22.2 Å². The zero-order valence-corrected chi connectivity index (χ0v) is 11.0. The van der Waals surface area contributed by atoms with Crippen molar-refractivity contribution in [2.75, 3.05) is 31.1 Å². The van der Waals surface area contributed by atoms with Crippen molar-refractivity contribution in [3.05, 3.63) is 0 Å². The van der Waals surface area contributed by atoms with Gasteiger partial charge in [0.25, 0.3) is 0 Å². The highest BCUT2D eigenvalue weighted by atomic mass is 32.2. The van der Waals surface area contributed by atoms with Crippen LogP contribution in [0.1, 0.15) is 19.3 Å². The van der Waals surface area contributed by atoms with Crippen molar-refractivity contribution in [1.29, 1.82) is 0 Å². The lowest BCUT2D eigenvalue weighted by molar-refractivity contribution is -0.153. The summed E-state index contributed by atoms with van der Waals surface area (Å²) < 4.78 is 11.2. The molecule has 102 valence electrons. The third kappa shape index (κ3) is 2.66. The van der Waals surface area contributed by atoms with Crippen LogP contribution in [0.25, 0.3) is 0 Å². The van der Waals surface area contributed by atoms with E-state index in [1.54, 1.807) is 4.90 Å². The van der Waals surface area contributed by atoms with Crippen LogP contribution in [0.2, 0.25) is 0 Å². The summed E-state index contributed by atoms with van der Waals surface area (Å²) in [6.45, 7) is 1.16. The van der Waals surface area contributed by atoms with Gasteiger partial charge < -0.3 is 15.3 Å². The SMILES string of the molecule is O=C(NCC1(C(=O)O)CCC1)N1CCS(=O)CC1. The molecule has 2 rings (SSSR count). The molecule has 0 atom stereocenters. The van der Waals surface area contributed by atoms with E-state index in [0.29, 0.717) is 37.4 Å². The maximum absolute atomic E-state index is 11.8. The minimum Gasteiger partial charge on any atom is -0.481 e. The molecule has 2 amide bonds. The minimum absolute atomic E-state index is 0.195. The van der Waals surface area contributed by atoms with Gasteiger partial charge in [-0.05, 0) is 12.8 Å². The summed E-state index contributed by atoms with van der Waals surface area (Å²) in [5.74, 6) is 0.198. The smallest absolute Gasteiger partial charge is 0.317 e. The fourth-order valence-corrected chi connectivity index (χ4v) is 3.32. The summed E-state index contributed by atoms with van der Waals surface area (Å²) in [5, 5.41) is 11.8. The number of hydrogen-bond acceptors (Lipinski definition) is 3. The third-order valence-electron chi connectivity index (χ3n) is 3.81. The largest absolute Gasteiger partial charge is 0.481 e. The second-order valence-corrected chi connectivity index (χ2v) is 6.63. The molecule has 1 heterocycles. The standard InChI is InChI=1S/C11H18N2O4S/c14-9(15)11(2-1-3-11)8-12-10(16)13-4-6-18(17)7-5-13/h1-8H2,(H,12,16)(H,14,15). The van der Waals surface area contributed by atoms with Crippen molar-refractivity contribution < 1.29 is 18.9 Å². The number of carbonyl (C=O) groups is 2. The number of carbonyl (C=O) groups excluding carboxylic acids is 1. The second-order valence-electron chi connectivity index (χ2n) is 4.93. The van der Waals surface area contributed by atoms with Crippen molar-refractivity contribution in [1.82, 2.24) is 10.2 Å². The number of carboxylic acid groups (broad SMARTS) is 1. The predicted molar refractivity (Wildman–Crippen MR) is 66.8 cm³/mol. The topological polar surface area (TPSA) is 86.7 Å². The van der Waals surface area contributed by atoms with Crippen molar-refractivity contribution >= 4 is 22.8 Å². The van der Waals surface area contributed by atoms with Crippen LogP contribution in [0.4, 0.5) is 4.79 Å². The van der Waals surface area contributed by atoms with Gasteiger partial charge in [0.2, 0.25) is 0 Å². The molecule has 18 heavy (non-hydrogen) atoms. The van der Waals surface area contributed by atoms with Crippen LogP contribution in [-0.2, 0) is 15.6 Å². The van der Waals surface area contributed by atoms with E-state index in [1.807, 2.05) is 0 Å². The Morgan fingerprint density at radius 2 is 1.89 bits per heavy atom. The molecule has 0 aromatic rings. The van der Waals surface area contributed by atoms with E-state index in [-0.39, 0.29) is 12.6 Å². The highest BCUT2D eigenvalue weighted by Crippen LogP contribution is 2.40. The molecule has 2 fully saturated rings. The first-order valence-electron chi connectivity index (χ1n) is 6.15. The molecule has 0 aromatic carbocycles. The molecule has 1 aliphatic carbocycles. The van der Waals surface area contributed by atoms with Crippen LogP contribution in [0.3, 0.4) is 0 Å². The molecule has 1 saturated heterocycles. The molecule has 2 N–H and O–H groups in total. The Morgan fingerprint density at radius 3 is 2.33 bits per heavy atom. The molecule has 0 radical (unpaired) electrons. The van der Waals surface area contributed by atoms with E-state index in [2.05, 4.69) is 5.32 Å². The van der Waals surface area contributed by atoms with Gasteiger partial charge in [-0.2, -0.15) is 0 Å². The van der Waals surface area contributed by atoms with Gasteiger partial charge in [0.1, 0.15) is 0 Å². The Kier molecular flexibility index (Phi) is 3.89. The fraction of sp³-hybridized carbons (Fsp3) is 0.818. The van der Waals surface area contributed by atoms with Gasteiger partial charge in [0.05, 0.1) is 5.41 Å². The number of nitrogens with one attached hydrogen (secondary N) is 1. The highest BCUT2D eigenvalue weighted by Gasteiger charge is 2.44. The number of urea groups is 1. The minimum atomic E-state index is -0.825. The van der Waals surface area contributed by atoms with Crippen LogP contribution in [0.5, 0.6) is 0 Å². The van der Waals surface area contributed by atoms with Crippen molar-refractivity contribution in [2.45, 2.75) is 19.3 Å². The molecule has 7 heteroatoms. The first kappa shape index (κ1) is 13.3. The molecule has 1 aliphatic heterocycles. The van der Waals surface area contributed by atoms with E-state index in [1.165, 1.54) is 0 Å². The Morgan fingerprint density at radius 1 is 1.28 bits per heavy atom. The number of carboxylic acids is 1. The molecular formula is C11H18N2O4S. The number of aliphatic carboxylic acids is 1. The lowest BCUT2D eigenvalue weighted by Gasteiger charge is -2.38. The zero-order chi connectivity index (χ0) is 13.2. The van der Waals surface area contributed by atoms with Crippen LogP contribution in [0, 0.1) is 5.41 Å². The van der Waals surface area contributed by atoms with Gasteiger partial charge in [0.15, 0.2) is 0 Å². The van der Waals surface area contributed by atoms with E-state index in [0.717, 1.165) is 6.42 Å². The third-order valence-corrected chi connectivity index (χ3v) is 5.08. The van der Waals surface area contributed by atoms with Crippen LogP contribution >= 0.6 is 0 Å². The second kappa shape index (κ2) is 5.26. The predicted octanol–water partition coefficient (Wildman–Crippen LogP) is 0.0152. The van der Waals surface area contributed by atoms with Crippen LogP contribution < -0.4 is 5.32 Å². The maximum atomic E-state index is 11.8. The van der Waals surface area contributed by atoms with Crippen molar-refractivity contribution in [3.8, 4) is 0 Å². The maximum Gasteiger partial charge on any atom is 0.317 e. The Balaban J connectivity index is 1.81. The quantitative estimate of drug-likeness (QED) is 0.759. The lowest BCUT2D eigenvalue weighted by atomic mass is 9.69. The Hall–Kier alpha value is -1.11. The molecule has 0 aromatic heterocycles. The number of hydrogen-bond donors (Lipinski definition) is 2. The average molecular weight is 274 g/mol. The zero-order valence-electron chi connectivity index (χ0n) is 10.2. The summed E-state index contributed by atoms with van der Waals surface area (Å²) in [7, 11) is -0.812. The normalized spacial score (nSPS) is 23.2. The molecule has 6 nitrogen and oxygen atoms in total. The first-order chi connectivity index (χ1) is 8.53. The van der Waals surface area contributed by atoms with E-state index in [9.17, 15) is 13.8 Å².